The summed E-state index contributed by atoms with van der Waals surface area (Å²) in [5.74, 6) is -0.235. The van der Waals surface area contributed by atoms with Gasteiger partial charge in [-0.3, -0.25) is 0 Å². The number of carbonyl (C=O) groups is 1. The summed E-state index contributed by atoms with van der Waals surface area (Å²) in [5, 5.41) is 18.3. The maximum absolute atomic E-state index is 11.7. The van der Waals surface area contributed by atoms with Gasteiger partial charge in [-0.1, -0.05) is 42.5 Å². The van der Waals surface area contributed by atoms with Gasteiger partial charge in [-0.15, -0.1) is 15.0 Å². The molecule has 1 aliphatic heterocycles. The van der Waals surface area contributed by atoms with Gasteiger partial charge in [0.1, 0.15) is 0 Å². The van der Waals surface area contributed by atoms with Crippen molar-refractivity contribution in [3.63, 3.8) is 0 Å². The van der Waals surface area contributed by atoms with E-state index >= 15 is 0 Å². The van der Waals surface area contributed by atoms with Crippen molar-refractivity contribution in [2.45, 2.75) is 19.3 Å². The van der Waals surface area contributed by atoms with E-state index in [1.807, 2.05) is 54.3 Å². The first-order chi connectivity index (χ1) is 12.6. The van der Waals surface area contributed by atoms with E-state index in [9.17, 15) is 9.90 Å². The van der Waals surface area contributed by atoms with Crippen LogP contribution in [0.5, 0.6) is 0 Å². The van der Waals surface area contributed by atoms with Crippen molar-refractivity contribution in [3.05, 3.63) is 71.4 Å². The molecule has 0 radical (unpaired) electrons. The summed E-state index contributed by atoms with van der Waals surface area (Å²) < 4.78 is 0. The maximum Gasteiger partial charge on any atom is 0.360 e. The van der Waals surface area contributed by atoms with Crippen LogP contribution in [0, 0.1) is 6.92 Å². The Bertz CT molecular complexity index is 936. The lowest BCUT2D eigenvalue weighted by atomic mass is 9.99. The summed E-state index contributed by atoms with van der Waals surface area (Å²) in [4.78, 5) is 15.1. The van der Waals surface area contributed by atoms with Crippen molar-refractivity contribution < 1.29 is 9.90 Å². The normalized spacial score (nSPS) is 16.8. The first-order valence-corrected chi connectivity index (χ1v) is 8.69. The molecule has 0 spiro atoms. The van der Waals surface area contributed by atoms with Crippen molar-refractivity contribution in [2.24, 2.45) is 0 Å². The Kier molecular flexibility index (Phi) is 4.16. The zero-order valence-electron chi connectivity index (χ0n) is 14.5. The molecule has 1 saturated heterocycles. The van der Waals surface area contributed by atoms with Gasteiger partial charge in [-0.2, -0.15) is 0 Å². The number of hydrogen-bond donors (Lipinski definition) is 1. The standard InChI is InChI=1S/C20H20N4O2/c1-14-6-5-9-17(12-14)24-21-18(20(25)26)19(22-24)23-11-10-16(13-23)15-7-3-2-4-8-15/h2-9,12,16H,10-11,13H2,1H3,(H,25,26)/t16-/m0/s1. The lowest BCUT2D eigenvalue weighted by molar-refractivity contribution is 0.0690. The van der Waals surface area contributed by atoms with Crippen LogP contribution < -0.4 is 4.90 Å². The van der Waals surface area contributed by atoms with E-state index in [0.29, 0.717) is 11.7 Å². The largest absolute Gasteiger partial charge is 0.476 e. The van der Waals surface area contributed by atoms with Gasteiger partial charge < -0.3 is 10.0 Å². The van der Waals surface area contributed by atoms with Crippen LogP contribution in [0.2, 0.25) is 0 Å². The van der Waals surface area contributed by atoms with Crippen molar-refractivity contribution in [3.8, 4) is 5.69 Å². The second-order valence-corrected chi connectivity index (χ2v) is 6.65. The van der Waals surface area contributed by atoms with Crippen LogP contribution in [0.4, 0.5) is 5.82 Å². The Labute approximate surface area is 151 Å². The summed E-state index contributed by atoms with van der Waals surface area (Å²) in [5.41, 5.74) is 3.11. The zero-order chi connectivity index (χ0) is 18.1. The molecular weight excluding hydrogens is 328 g/mol. The topological polar surface area (TPSA) is 71.2 Å². The highest BCUT2D eigenvalue weighted by atomic mass is 16.4. The predicted molar refractivity (Wildman–Crippen MR) is 99.1 cm³/mol. The van der Waals surface area contributed by atoms with Gasteiger partial charge in [0.2, 0.25) is 5.69 Å². The maximum atomic E-state index is 11.7. The van der Waals surface area contributed by atoms with Crippen LogP contribution in [-0.2, 0) is 0 Å². The molecule has 0 saturated carbocycles. The van der Waals surface area contributed by atoms with Crippen LogP contribution in [0.3, 0.4) is 0 Å². The molecule has 26 heavy (non-hydrogen) atoms. The molecule has 0 amide bonds. The highest BCUT2D eigenvalue weighted by molar-refractivity contribution is 5.91. The monoisotopic (exact) mass is 348 g/mol. The van der Waals surface area contributed by atoms with E-state index in [-0.39, 0.29) is 5.69 Å². The van der Waals surface area contributed by atoms with Gasteiger partial charge in [0.05, 0.1) is 5.69 Å². The van der Waals surface area contributed by atoms with Crippen LogP contribution >= 0.6 is 0 Å². The van der Waals surface area contributed by atoms with Crippen LogP contribution in [0.1, 0.15) is 34.0 Å². The van der Waals surface area contributed by atoms with Gasteiger partial charge in [0.25, 0.3) is 0 Å². The first kappa shape index (κ1) is 16.3. The van der Waals surface area contributed by atoms with Crippen molar-refractivity contribution in [1.29, 1.82) is 0 Å². The minimum absolute atomic E-state index is 0.000202. The first-order valence-electron chi connectivity index (χ1n) is 8.69. The molecule has 132 valence electrons. The molecule has 0 unspecified atom stereocenters. The van der Waals surface area contributed by atoms with Crippen LogP contribution in [-0.4, -0.2) is 39.2 Å². The minimum atomic E-state index is -1.05. The molecule has 1 atom stereocenters. The number of aromatic nitrogens is 3. The second-order valence-electron chi connectivity index (χ2n) is 6.65. The van der Waals surface area contributed by atoms with Gasteiger partial charge in [-0.05, 0) is 36.6 Å². The number of benzene rings is 2. The molecule has 0 aliphatic carbocycles. The number of aryl methyl sites for hydroxylation is 1. The quantitative estimate of drug-likeness (QED) is 0.783. The van der Waals surface area contributed by atoms with Gasteiger partial charge in [-0.25, -0.2) is 4.79 Å². The molecule has 6 nitrogen and oxygen atoms in total. The molecule has 4 rings (SSSR count). The van der Waals surface area contributed by atoms with Crippen LogP contribution in [0.25, 0.3) is 5.69 Å². The number of carboxylic acid groups (broad SMARTS) is 1. The van der Waals surface area contributed by atoms with Crippen LogP contribution in [0.15, 0.2) is 54.6 Å². The Morgan fingerprint density at radius 2 is 1.92 bits per heavy atom. The number of aromatic carboxylic acids is 1. The van der Waals surface area contributed by atoms with Gasteiger partial charge >= 0.3 is 5.97 Å². The number of carboxylic acids is 1. The zero-order valence-corrected chi connectivity index (χ0v) is 14.5. The lowest BCUT2D eigenvalue weighted by Gasteiger charge is -2.16. The third-order valence-electron chi connectivity index (χ3n) is 4.79. The lowest BCUT2D eigenvalue weighted by Crippen LogP contribution is -2.22. The molecule has 2 aromatic carbocycles. The van der Waals surface area contributed by atoms with Gasteiger partial charge in [0, 0.05) is 19.0 Å². The van der Waals surface area contributed by atoms with E-state index in [0.717, 1.165) is 30.8 Å². The Balaban J connectivity index is 1.65. The molecule has 1 fully saturated rings. The number of nitrogens with zero attached hydrogens (tertiary/aromatic N) is 4. The molecule has 3 aromatic rings. The van der Waals surface area contributed by atoms with E-state index < -0.39 is 5.97 Å². The van der Waals surface area contributed by atoms with E-state index in [1.54, 1.807) is 0 Å². The summed E-state index contributed by atoms with van der Waals surface area (Å²) >= 11 is 0. The van der Waals surface area contributed by atoms with Crippen molar-refractivity contribution >= 4 is 11.8 Å². The third-order valence-corrected chi connectivity index (χ3v) is 4.79. The molecule has 1 aliphatic rings. The SMILES string of the molecule is Cc1cccc(-n2nc(C(=O)O)c(N3CC[C@H](c4ccccc4)C3)n2)c1. The average Bonchev–Trinajstić information content (AvgIpc) is 3.30. The van der Waals surface area contributed by atoms with E-state index in [2.05, 4.69) is 22.3 Å². The highest BCUT2D eigenvalue weighted by Crippen LogP contribution is 2.31. The molecule has 6 heteroatoms. The Hall–Kier alpha value is -3.15. The Morgan fingerprint density at radius 1 is 1.12 bits per heavy atom. The van der Waals surface area contributed by atoms with E-state index in [1.165, 1.54) is 10.4 Å². The summed E-state index contributed by atoms with van der Waals surface area (Å²) in [6.45, 7) is 3.50. The fourth-order valence-electron chi connectivity index (χ4n) is 3.47. The minimum Gasteiger partial charge on any atom is -0.476 e. The predicted octanol–water partition coefficient (Wildman–Crippen LogP) is 3.27. The fraction of sp³-hybridized carbons (Fsp3) is 0.250. The molecule has 1 aromatic heterocycles. The summed E-state index contributed by atoms with van der Waals surface area (Å²) in [7, 11) is 0. The number of hydrogen-bond acceptors (Lipinski definition) is 4. The van der Waals surface area contributed by atoms with Gasteiger partial charge in [0.15, 0.2) is 5.82 Å². The third kappa shape index (κ3) is 3.06. The van der Waals surface area contributed by atoms with Crippen molar-refractivity contribution in [1.82, 2.24) is 15.0 Å². The summed E-state index contributed by atoms with van der Waals surface area (Å²) in [6, 6.07) is 18.0. The summed E-state index contributed by atoms with van der Waals surface area (Å²) in [6.07, 6.45) is 0.973. The average molecular weight is 348 g/mol. The second kappa shape index (κ2) is 6.63. The number of anilines is 1. The van der Waals surface area contributed by atoms with Crippen molar-refractivity contribution in [2.75, 3.05) is 18.0 Å². The smallest absolute Gasteiger partial charge is 0.360 e. The van der Waals surface area contributed by atoms with E-state index in [4.69, 9.17) is 0 Å². The molecule has 2 heterocycles. The number of rotatable bonds is 4. The molecule has 1 N–H and O–H groups in total. The highest BCUT2D eigenvalue weighted by Gasteiger charge is 2.30. The fourth-order valence-corrected chi connectivity index (χ4v) is 3.47. The molecular formula is C20H20N4O2. The molecule has 0 bridgehead atoms. The Morgan fingerprint density at radius 3 is 2.65 bits per heavy atom.